The fourth-order valence-electron chi connectivity index (χ4n) is 1.30. The van der Waals surface area contributed by atoms with Gasteiger partial charge in [0.25, 0.3) is 0 Å². The van der Waals surface area contributed by atoms with Crippen molar-refractivity contribution >= 4 is 11.7 Å². The lowest BCUT2D eigenvalue weighted by Crippen LogP contribution is -2.48. The van der Waals surface area contributed by atoms with Crippen molar-refractivity contribution in [3.05, 3.63) is 0 Å². The van der Waals surface area contributed by atoms with Gasteiger partial charge < -0.3 is 15.8 Å². The lowest BCUT2D eigenvalue weighted by atomic mass is 9.90. The molecule has 1 amide bonds. The van der Waals surface area contributed by atoms with Crippen LogP contribution in [0.2, 0.25) is 0 Å². The highest BCUT2D eigenvalue weighted by atomic mass is 16.4. The third kappa shape index (κ3) is 3.11. The maximum Gasteiger partial charge on any atom is 0.235 e. The fraction of sp³-hybridized carbons (Fsp3) is 0.800. The van der Waals surface area contributed by atoms with Crippen LogP contribution in [0.3, 0.4) is 0 Å². The summed E-state index contributed by atoms with van der Waals surface area (Å²) >= 11 is 0. The van der Waals surface area contributed by atoms with Crippen molar-refractivity contribution in [2.75, 3.05) is 13.1 Å². The second-order valence-corrected chi connectivity index (χ2v) is 4.00. The van der Waals surface area contributed by atoms with E-state index < -0.39 is 5.41 Å². The summed E-state index contributed by atoms with van der Waals surface area (Å²) in [5, 5.41) is 11.5. The van der Waals surface area contributed by atoms with Crippen LogP contribution in [-0.2, 0) is 4.79 Å². The van der Waals surface area contributed by atoms with Crippen LogP contribution in [0.15, 0.2) is 5.16 Å². The van der Waals surface area contributed by atoms with E-state index in [9.17, 15) is 4.79 Å². The van der Waals surface area contributed by atoms with Crippen molar-refractivity contribution in [2.24, 2.45) is 16.3 Å². The average molecular weight is 215 g/mol. The minimum absolute atomic E-state index is 0.0537. The molecule has 5 heteroatoms. The van der Waals surface area contributed by atoms with E-state index in [1.54, 1.807) is 18.7 Å². The molecule has 0 spiro atoms. The first kappa shape index (κ1) is 13.7. The molecule has 0 aliphatic heterocycles. The molecular formula is C10H21N3O2. The number of rotatable bonds is 5. The van der Waals surface area contributed by atoms with Crippen molar-refractivity contribution in [1.82, 2.24) is 4.90 Å². The molecule has 0 aromatic heterocycles. The summed E-state index contributed by atoms with van der Waals surface area (Å²) in [5.41, 5.74) is 4.55. The highest BCUT2D eigenvalue weighted by Crippen LogP contribution is 2.19. The number of carbonyl (C=O) groups is 1. The van der Waals surface area contributed by atoms with E-state index in [2.05, 4.69) is 5.16 Å². The average Bonchev–Trinajstić information content (AvgIpc) is 2.23. The first-order chi connectivity index (χ1) is 6.91. The number of hydrogen-bond donors (Lipinski definition) is 2. The molecule has 0 aliphatic carbocycles. The van der Waals surface area contributed by atoms with E-state index in [4.69, 9.17) is 10.9 Å². The number of oxime groups is 1. The van der Waals surface area contributed by atoms with Crippen LogP contribution in [-0.4, -0.2) is 34.9 Å². The van der Waals surface area contributed by atoms with Crippen molar-refractivity contribution in [3.8, 4) is 0 Å². The van der Waals surface area contributed by atoms with E-state index in [0.717, 1.165) is 6.42 Å². The van der Waals surface area contributed by atoms with Gasteiger partial charge in [0.05, 0.1) is 0 Å². The molecule has 0 rings (SSSR count). The Kier molecular flexibility index (Phi) is 5.11. The second kappa shape index (κ2) is 5.58. The van der Waals surface area contributed by atoms with Gasteiger partial charge in [-0.25, -0.2) is 0 Å². The first-order valence-electron chi connectivity index (χ1n) is 5.19. The lowest BCUT2D eigenvalue weighted by molar-refractivity contribution is -0.136. The third-order valence-corrected chi connectivity index (χ3v) is 2.45. The summed E-state index contributed by atoms with van der Waals surface area (Å²) < 4.78 is 0. The molecule has 0 heterocycles. The first-order valence-corrected chi connectivity index (χ1v) is 5.19. The Bertz CT molecular complexity index is 249. The SMILES string of the molecule is CCCN(CC)C(=O)C(C)(C)C(N)=NO. The normalized spacial score (nSPS) is 12.7. The van der Waals surface area contributed by atoms with E-state index in [1.807, 2.05) is 13.8 Å². The monoisotopic (exact) mass is 215 g/mol. The fourth-order valence-corrected chi connectivity index (χ4v) is 1.30. The van der Waals surface area contributed by atoms with Gasteiger partial charge in [0.2, 0.25) is 5.91 Å². The summed E-state index contributed by atoms with van der Waals surface area (Å²) in [4.78, 5) is 13.7. The van der Waals surface area contributed by atoms with Gasteiger partial charge in [0.1, 0.15) is 5.41 Å². The highest BCUT2D eigenvalue weighted by molar-refractivity contribution is 6.05. The predicted octanol–water partition coefficient (Wildman–Crippen LogP) is 1.02. The van der Waals surface area contributed by atoms with E-state index in [-0.39, 0.29) is 11.7 Å². The predicted molar refractivity (Wildman–Crippen MR) is 59.7 cm³/mol. The minimum Gasteiger partial charge on any atom is -0.409 e. The molecular weight excluding hydrogens is 194 g/mol. The lowest BCUT2D eigenvalue weighted by Gasteiger charge is -2.29. The maximum absolute atomic E-state index is 12.0. The summed E-state index contributed by atoms with van der Waals surface area (Å²) in [6.45, 7) is 8.56. The van der Waals surface area contributed by atoms with Crippen LogP contribution in [0, 0.1) is 5.41 Å². The molecule has 0 aliphatic rings. The number of nitrogens with zero attached hydrogens (tertiary/aromatic N) is 2. The van der Waals surface area contributed by atoms with Gasteiger partial charge in [-0.2, -0.15) is 0 Å². The number of carbonyl (C=O) groups excluding carboxylic acids is 1. The largest absolute Gasteiger partial charge is 0.409 e. The Morgan fingerprint density at radius 3 is 2.33 bits per heavy atom. The number of amidine groups is 1. The van der Waals surface area contributed by atoms with Crippen molar-refractivity contribution < 1.29 is 10.0 Å². The molecule has 3 N–H and O–H groups in total. The molecule has 0 unspecified atom stereocenters. The summed E-state index contributed by atoms with van der Waals surface area (Å²) in [6, 6.07) is 0. The smallest absolute Gasteiger partial charge is 0.235 e. The molecule has 0 bridgehead atoms. The zero-order chi connectivity index (χ0) is 12.1. The van der Waals surface area contributed by atoms with E-state index in [0.29, 0.717) is 13.1 Å². The number of nitrogens with two attached hydrogens (primary N) is 1. The van der Waals surface area contributed by atoms with Crippen LogP contribution in [0.5, 0.6) is 0 Å². The van der Waals surface area contributed by atoms with Crippen molar-refractivity contribution in [1.29, 1.82) is 0 Å². The van der Waals surface area contributed by atoms with Gasteiger partial charge in [0.15, 0.2) is 5.84 Å². The summed E-state index contributed by atoms with van der Waals surface area (Å²) in [5.74, 6) is -0.163. The van der Waals surface area contributed by atoms with Crippen molar-refractivity contribution in [3.63, 3.8) is 0 Å². The molecule has 0 aromatic rings. The van der Waals surface area contributed by atoms with Crippen LogP contribution < -0.4 is 5.73 Å². The van der Waals surface area contributed by atoms with Gasteiger partial charge in [-0.3, -0.25) is 4.79 Å². The molecule has 5 nitrogen and oxygen atoms in total. The Balaban J connectivity index is 4.80. The van der Waals surface area contributed by atoms with Crippen LogP contribution in [0.4, 0.5) is 0 Å². The summed E-state index contributed by atoms with van der Waals surface area (Å²) in [7, 11) is 0. The number of hydrogen-bond acceptors (Lipinski definition) is 3. The Morgan fingerprint density at radius 2 is 2.00 bits per heavy atom. The highest BCUT2D eigenvalue weighted by Gasteiger charge is 2.35. The topological polar surface area (TPSA) is 78.9 Å². The summed E-state index contributed by atoms with van der Waals surface area (Å²) in [6.07, 6.45) is 0.895. The standard InChI is InChI=1S/C10H21N3O2/c1-5-7-13(6-2)9(14)10(3,4)8(11)12-15/h15H,5-7H2,1-4H3,(H2,11,12). The minimum atomic E-state index is -0.945. The molecule has 88 valence electrons. The van der Waals surface area contributed by atoms with Gasteiger partial charge >= 0.3 is 0 Å². The van der Waals surface area contributed by atoms with Crippen LogP contribution >= 0.6 is 0 Å². The van der Waals surface area contributed by atoms with Gasteiger partial charge in [-0.15, -0.1) is 0 Å². The molecule has 15 heavy (non-hydrogen) atoms. The van der Waals surface area contributed by atoms with Gasteiger partial charge in [0, 0.05) is 13.1 Å². The molecule has 0 fully saturated rings. The van der Waals surface area contributed by atoms with Crippen LogP contribution in [0.1, 0.15) is 34.1 Å². The Morgan fingerprint density at radius 1 is 1.47 bits per heavy atom. The third-order valence-electron chi connectivity index (χ3n) is 2.45. The van der Waals surface area contributed by atoms with E-state index >= 15 is 0 Å². The molecule has 0 saturated carbocycles. The van der Waals surface area contributed by atoms with Gasteiger partial charge in [-0.1, -0.05) is 12.1 Å². The Hall–Kier alpha value is -1.26. The molecule has 0 saturated heterocycles. The quantitative estimate of drug-likeness (QED) is 0.311. The van der Waals surface area contributed by atoms with Crippen molar-refractivity contribution in [2.45, 2.75) is 34.1 Å². The maximum atomic E-state index is 12.0. The second-order valence-electron chi connectivity index (χ2n) is 4.00. The van der Waals surface area contributed by atoms with E-state index in [1.165, 1.54) is 0 Å². The molecule has 0 aromatic carbocycles. The van der Waals surface area contributed by atoms with Gasteiger partial charge in [-0.05, 0) is 27.2 Å². The zero-order valence-electron chi connectivity index (χ0n) is 9.95. The van der Waals surface area contributed by atoms with Crippen LogP contribution in [0.25, 0.3) is 0 Å². The molecule has 0 atom stereocenters. The molecule has 0 radical (unpaired) electrons. The Labute approximate surface area is 90.9 Å². The number of amides is 1. The zero-order valence-corrected chi connectivity index (χ0v) is 9.95.